The van der Waals surface area contributed by atoms with Gasteiger partial charge in [-0.15, -0.1) is 11.8 Å². The zero-order valence-electron chi connectivity index (χ0n) is 11.7. The van der Waals surface area contributed by atoms with Gasteiger partial charge in [-0.25, -0.2) is 0 Å². The molecule has 1 rings (SSSR count). The number of hydrogen-bond donors (Lipinski definition) is 0. The Morgan fingerprint density at radius 2 is 2.11 bits per heavy atom. The standard InChI is InChI=1S/C15H22N2S/c1-5-18-15-8-6-7-14(13(15)11-16)17(4)10-9-12(2)3/h6-8,12H,5,9-10H2,1-4H3. The Kier molecular flexibility index (Phi) is 6.07. The topological polar surface area (TPSA) is 27.0 Å². The molecule has 0 radical (unpaired) electrons. The van der Waals surface area contributed by atoms with Gasteiger partial charge >= 0.3 is 0 Å². The molecular formula is C15H22N2S. The maximum atomic E-state index is 9.36. The van der Waals surface area contributed by atoms with E-state index >= 15 is 0 Å². The van der Waals surface area contributed by atoms with Crippen LogP contribution in [0.5, 0.6) is 0 Å². The fraction of sp³-hybridized carbons (Fsp3) is 0.533. The van der Waals surface area contributed by atoms with Crippen LogP contribution in [0.3, 0.4) is 0 Å². The second-order valence-electron chi connectivity index (χ2n) is 4.80. The average Bonchev–Trinajstić information content (AvgIpc) is 2.36. The molecule has 0 saturated carbocycles. The summed E-state index contributed by atoms with van der Waals surface area (Å²) in [4.78, 5) is 3.28. The SMILES string of the molecule is CCSc1cccc(N(C)CCC(C)C)c1C#N. The number of rotatable bonds is 6. The van der Waals surface area contributed by atoms with Crippen molar-refractivity contribution in [1.82, 2.24) is 0 Å². The molecule has 0 aliphatic carbocycles. The summed E-state index contributed by atoms with van der Waals surface area (Å²) in [5, 5.41) is 9.36. The first-order chi connectivity index (χ1) is 8.60. The highest BCUT2D eigenvalue weighted by Crippen LogP contribution is 2.29. The van der Waals surface area contributed by atoms with Crippen molar-refractivity contribution >= 4 is 17.4 Å². The van der Waals surface area contributed by atoms with Crippen molar-refractivity contribution in [1.29, 1.82) is 5.26 Å². The number of benzene rings is 1. The second-order valence-corrected chi connectivity index (χ2v) is 6.11. The van der Waals surface area contributed by atoms with E-state index < -0.39 is 0 Å². The molecule has 0 atom stereocenters. The first-order valence-electron chi connectivity index (χ1n) is 6.47. The van der Waals surface area contributed by atoms with Gasteiger partial charge in [0.1, 0.15) is 6.07 Å². The summed E-state index contributed by atoms with van der Waals surface area (Å²) in [6.45, 7) is 7.55. The van der Waals surface area contributed by atoms with Crippen molar-refractivity contribution in [2.24, 2.45) is 5.92 Å². The highest BCUT2D eigenvalue weighted by molar-refractivity contribution is 7.99. The zero-order valence-corrected chi connectivity index (χ0v) is 12.5. The molecule has 98 valence electrons. The minimum atomic E-state index is 0.686. The maximum absolute atomic E-state index is 9.36. The molecule has 1 aromatic carbocycles. The van der Waals surface area contributed by atoms with Crippen LogP contribution < -0.4 is 4.90 Å². The van der Waals surface area contributed by atoms with E-state index in [2.05, 4.69) is 38.8 Å². The van der Waals surface area contributed by atoms with Gasteiger partial charge in [0.25, 0.3) is 0 Å². The van der Waals surface area contributed by atoms with Gasteiger partial charge in [0.2, 0.25) is 0 Å². The van der Waals surface area contributed by atoms with E-state index in [4.69, 9.17) is 0 Å². The summed E-state index contributed by atoms with van der Waals surface area (Å²) in [5.74, 6) is 1.68. The molecule has 0 saturated heterocycles. The summed E-state index contributed by atoms with van der Waals surface area (Å²) >= 11 is 1.73. The Bertz CT molecular complexity index is 421. The average molecular weight is 262 g/mol. The zero-order chi connectivity index (χ0) is 13.5. The highest BCUT2D eigenvalue weighted by Gasteiger charge is 2.11. The molecule has 0 fully saturated rings. The summed E-state index contributed by atoms with van der Waals surface area (Å²) in [6.07, 6.45) is 1.15. The van der Waals surface area contributed by atoms with E-state index in [1.807, 2.05) is 18.2 Å². The van der Waals surface area contributed by atoms with Crippen molar-refractivity contribution < 1.29 is 0 Å². The minimum absolute atomic E-state index is 0.686. The van der Waals surface area contributed by atoms with E-state index in [9.17, 15) is 5.26 Å². The van der Waals surface area contributed by atoms with Gasteiger partial charge in [-0.2, -0.15) is 5.26 Å². The Morgan fingerprint density at radius 3 is 2.67 bits per heavy atom. The van der Waals surface area contributed by atoms with Crippen molar-refractivity contribution in [2.45, 2.75) is 32.1 Å². The predicted molar refractivity (Wildman–Crippen MR) is 80.3 cm³/mol. The summed E-state index contributed by atoms with van der Waals surface area (Å²) in [5.41, 5.74) is 1.87. The molecule has 3 heteroatoms. The summed E-state index contributed by atoms with van der Waals surface area (Å²) < 4.78 is 0. The van der Waals surface area contributed by atoms with Crippen molar-refractivity contribution in [3.05, 3.63) is 23.8 Å². The lowest BCUT2D eigenvalue weighted by atomic mass is 10.1. The van der Waals surface area contributed by atoms with Gasteiger partial charge in [0.15, 0.2) is 0 Å². The molecule has 0 amide bonds. The van der Waals surface area contributed by atoms with Gasteiger partial charge in [0, 0.05) is 18.5 Å². The number of nitrogens with zero attached hydrogens (tertiary/aromatic N) is 2. The van der Waals surface area contributed by atoms with Crippen LogP contribution in [0.2, 0.25) is 0 Å². The fourth-order valence-electron chi connectivity index (χ4n) is 1.80. The summed E-state index contributed by atoms with van der Waals surface area (Å²) in [6, 6.07) is 8.47. The van der Waals surface area contributed by atoms with Crippen LogP contribution in [0.15, 0.2) is 23.1 Å². The van der Waals surface area contributed by atoms with Gasteiger partial charge in [-0.1, -0.05) is 26.8 Å². The first-order valence-corrected chi connectivity index (χ1v) is 7.45. The third-order valence-corrected chi connectivity index (χ3v) is 3.81. The van der Waals surface area contributed by atoms with E-state index in [-0.39, 0.29) is 0 Å². The third-order valence-electron chi connectivity index (χ3n) is 2.87. The molecular weight excluding hydrogens is 240 g/mol. The van der Waals surface area contributed by atoms with Gasteiger partial charge in [0.05, 0.1) is 11.3 Å². The maximum Gasteiger partial charge on any atom is 0.103 e. The lowest BCUT2D eigenvalue weighted by molar-refractivity contribution is 0.585. The monoisotopic (exact) mass is 262 g/mol. The van der Waals surface area contributed by atoms with Crippen LogP contribution >= 0.6 is 11.8 Å². The van der Waals surface area contributed by atoms with Gasteiger partial charge < -0.3 is 4.90 Å². The van der Waals surface area contributed by atoms with E-state index in [0.717, 1.165) is 34.9 Å². The molecule has 18 heavy (non-hydrogen) atoms. The van der Waals surface area contributed by atoms with E-state index in [1.165, 1.54) is 0 Å². The van der Waals surface area contributed by atoms with Crippen LogP contribution in [-0.2, 0) is 0 Å². The molecule has 0 N–H and O–H groups in total. The van der Waals surface area contributed by atoms with Crippen LogP contribution in [0.4, 0.5) is 5.69 Å². The molecule has 2 nitrogen and oxygen atoms in total. The van der Waals surface area contributed by atoms with Crippen LogP contribution in [0.25, 0.3) is 0 Å². The van der Waals surface area contributed by atoms with Crippen LogP contribution in [0.1, 0.15) is 32.8 Å². The molecule has 0 bridgehead atoms. The van der Waals surface area contributed by atoms with Crippen LogP contribution in [-0.4, -0.2) is 19.3 Å². The molecule has 0 heterocycles. The smallest absolute Gasteiger partial charge is 0.103 e. The normalized spacial score (nSPS) is 10.4. The van der Waals surface area contributed by atoms with Crippen molar-refractivity contribution in [2.75, 3.05) is 24.2 Å². The van der Waals surface area contributed by atoms with E-state index in [0.29, 0.717) is 5.92 Å². The predicted octanol–water partition coefficient (Wildman–Crippen LogP) is 4.15. The lowest BCUT2D eigenvalue weighted by Gasteiger charge is -2.22. The number of anilines is 1. The van der Waals surface area contributed by atoms with Crippen LogP contribution in [0, 0.1) is 17.2 Å². The fourth-order valence-corrected chi connectivity index (χ4v) is 2.58. The molecule has 0 aromatic heterocycles. The molecule has 0 aliphatic rings. The third kappa shape index (κ3) is 3.96. The summed E-state index contributed by atoms with van der Waals surface area (Å²) in [7, 11) is 2.07. The Labute approximate surface area is 115 Å². The van der Waals surface area contributed by atoms with Gasteiger partial charge in [-0.3, -0.25) is 0 Å². The number of hydrogen-bond acceptors (Lipinski definition) is 3. The van der Waals surface area contributed by atoms with E-state index in [1.54, 1.807) is 11.8 Å². The Balaban J connectivity index is 2.94. The molecule has 0 unspecified atom stereocenters. The lowest BCUT2D eigenvalue weighted by Crippen LogP contribution is -2.21. The quantitative estimate of drug-likeness (QED) is 0.721. The van der Waals surface area contributed by atoms with Crippen molar-refractivity contribution in [3.63, 3.8) is 0 Å². The minimum Gasteiger partial charge on any atom is -0.373 e. The molecule has 0 aliphatic heterocycles. The molecule has 0 spiro atoms. The number of thioether (sulfide) groups is 1. The Hall–Kier alpha value is -1.14. The van der Waals surface area contributed by atoms with Gasteiger partial charge in [-0.05, 0) is 30.2 Å². The highest BCUT2D eigenvalue weighted by atomic mass is 32.2. The second kappa shape index (κ2) is 7.33. The first kappa shape index (κ1) is 14.9. The number of nitriles is 1. The van der Waals surface area contributed by atoms with Crippen molar-refractivity contribution in [3.8, 4) is 6.07 Å². The Morgan fingerprint density at radius 1 is 1.39 bits per heavy atom. The molecule has 1 aromatic rings. The largest absolute Gasteiger partial charge is 0.373 e.